The third-order valence-electron chi connectivity index (χ3n) is 24.5. The second-order valence-electron chi connectivity index (χ2n) is 35.6. The second kappa shape index (κ2) is 59.5. The Morgan fingerprint density at radius 1 is 0.386 bits per heavy atom. The summed E-state index contributed by atoms with van der Waals surface area (Å²) < 4.78 is 47.0. The summed E-state index contributed by atoms with van der Waals surface area (Å²) in [5, 5.41) is 247. The molecule has 4 saturated heterocycles. The first kappa shape index (κ1) is 116. The molecule has 37 nitrogen and oxygen atoms in total. The molecule has 0 spiro atoms. The lowest BCUT2D eigenvalue weighted by Crippen LogP contribution is -2.61. The molecule has 0 radical (unpaired) electrons. The van der Waals surface area contributed by atoms with E-state index in [1.54, 1.807) is 137 Å². The zero-order chi connectivity index (χ0) is 98.1. The SMILES string of the molecule is C[C@@H]1[C@H](O)[C@@H](C)/C=C/C=C/C=C/C=C/C=C/C=C/C=C/[C@H](O[C@@H]2O[C@H](C)[C@@H](O)[C@H](N)[C@@H]2O)C[C@@H]2O[C@](O)(C[C@@H](O)C[C@@H](O)[C@H](O)CC[C@@H](O)C[C@@H](O)CC(=O)O[C@H]1C)C[C@H](O)[C@H]2CO.C[C@@H]1[C@H](O)[C@@H](C)/C=C/C=C/C=C/C=C/C=C/C=C/C=C/[C@H](O[C@@H]2O[C@H](C)[C@@H](O)[C@H](N=C(N)NO)[C@@H]2O)C[C@@H]2O[C@](O)(C[C@@H](O)C[C@@H](O)[C@H](O)CC[C@@H](O)C[C@@H](O)CC(=O)O[C@H]1C)C[C@H](O)[C@H]2CO. The van der Waals surface area contributed by atoms with Crippen LogP contribution in [0.15, 0.2) is 175 Å². The van der Waals surface area contributed by atoms with E-state index in [2.05, 4.69) is 4.99 Å². The number of carbonyl (C=O) groups excluding carboxylic acids is 2. The summed E-state index contributed by atoms with van der Waals surface area (Å²) in [5.41, 5.74) is 13.3. The summed E-state index contributed by atoms with van der Waals surface area (Å²) in [6.45, 7) is 12.4. The topological polar surface area (TPSA) is 650 Å². The standard InChI is InChI=1S/C48H77N3O17.C47H75NO16/c1-28-17-15-13-11-9-7-5-6-8-10-12-14-16-18-35(67-46-45(62)42(50-47(49)51-64)44(61)31(4)66-46)24-40-36(27-52)39(58)26-48(63,68-40)25-34(55)22-38(57)37(56)20-19-32(53)21-33(54)23-41(59)65-30(3)29(2)43(28)60;1-28-17-15-13-11-9-7-5-6-8-10-12-14-16-18-35(63-46-45(59)42(48)44(58)31(4)62-46)24-40-36(27-49)39(55)26-47(60,64-40)25-34(52)22-38(54)37(53)20-19-32(50)21-33(51)23-41(56)61-30(3)29(2)43(28)57/h5-18,28-40,42-46,52-58,60-64H,19-27H2,1-4H3,(H3,49,50,51);5-18,28-40,42-46,49-55,57-60H,19-27,48H2,1-4H3/b2*6-5+,9-7+,10-8+,13-11+,14-12+,17-15+,18-16+/t28-,29-,30-,31+,32+,33+,34-,35-,36+,37+,38+,39-,40-,42-,43+,44+,45-,46-,48+;28-,29-,30-,31+,32+,33+,34-,35-,36+,37+,38+,39-,40-,42-,43+,44+,45-,46-,47+/m00/s1. The van der Waals surface area contributed by atoms with Gasteiger partial charge in [0.2, 0.25) is 5.96 Å². The quantitative estimate of drug-likeness (QED) is 0.0717. The molecule has 132 heavy (non-hydrogen) atoms. The summed E-state index contributed by atoms with van der Waals surface area (Å²) in [7, 11) is 0. The van der Waals surface area contributed by atoms with Gasteiger partial charge in [-0.1, -0.05) is 198 Å². The minimum atomic E-state index is -2.21. The molecule has 0 aromatic rings. The summed E-state index contributed by atoms with van der Waals surface area (Å²) >= 11 is 0. The predicted octanol–water partition coefficient (Wildman–Crippen LogP) is 0.574. The number of hydroxylamine groups is 1. The molecular weight excluding hydrogens is 1730 g/mol. The van der Waals surface area contributed by atoms with Crippen LogP contribution in [0.2, 0.25) is 0 Å². The van der Waals surface area contributed by atoms with Gasteiger partial charge in [0.1, 0.15) is 36.6 Å². The van der Waals surface area contributed by atoms with E-state index in [0.29, 0.717) is 0 Å². The Labute approximate surface area is 773 Å². The third kappa shape index (κ3) is 40.6. The zero-order valence-corrected chi connectivity index (χ0v) is 76.6. The van der Waals surface area contributed by atoms with Crippen LogP contribution < -0.4 is 16.9 Å². The van der Waals surface area contributed by atoms with Crippen molar-refractivity contribution in [1.82, 2.24) is 5.48 Å². The number of rotatable bonds is 7. The number of fused-ring (bicyclic) bond motifs is 4. The van der Waals surface area contributed by atoms with Crippen molar-refractivity contribution in [3.63, 3.8) is 0 Å². The van der Waals surface area contributed by atoms with Gasteiger partial charge in [0.05, 0.1) is 160 Å². The first-order valence-corrected chi connectivity index (χ1v) is 45.6. The highest BCUT2D eigenvalue weighted by Gasteiger charge is 2.52. The molecule has 0 aromatic heterocycles. The molecule has 6 aliphatic heterocycles. The van der Waals surface area contributed by atoms with Crippen LogP contribution in [0.5, 0.6) is 0 Å². The molecule has 0 aliphatic carbocycles. The van der Waals surface area contributed by atoms with Gasteiger partial charge in [0, 0.05) is 86.9 Å². The van der Waals surface area contributed by atoms with Gasteiger partial charge in [-0.2, -0.15) is 0 Å². The highest BCUT2D eigenvalue weighted by molar-refractivity contribution is 5.76. The number of guanidine groups is 1. The van der Waals surface area contributed by atoms with Gasteiger partial charge in [0.25, 0.3) is 0 Å². The molecule has 4 fully saturated rings. The molecule has 0 amide bonds. The Kier molecular flexibility index (Phi) is 52.2. The van der Waals surface area contributed by atoms with Crippen LogP contribution in [0, 0.1) is 35.5 Å². The van der Waals surface area contributed by atoms with E-state index in [0.717, 1.165) is 0 Å². The minimum absolute atomic E-state index is 0.0734. The summed E-state index contributed by atoms with van der Waals surface area (Å²) in [5.74, 6) is -9.62. The molecule has 6 heterocycles. The summed E-state index contributed by atoms with van der Waals surface area (Å²) in [4.78, 5) is 29.2. The molecule has 28 N–H and O–H groups in total. The number of hydrogen-bond acceptors (Lipinski definition) is 35. The van der Waals surface area contributed by atoms with E-state index < -0.39 is 301 Å². The number of aliphatic hydroxyl groups excluding tert-OH is 20. The number of esters is 2. The van der Waals surface area contributed by atoms with Gasteiger partial charge in [-0.25, -0.2) is 10.5 Å². The van der Waals surface area contributed by atoms with Crippen molar-refractivity contribution in [3.05, 3.63) is 170 Å². The van der Waals surface area contributed by atoms with Crippen LogP contribution in [-0.2, 0) is 47.5 Å². The van der Waals surface area contributed by atoms with Crippen LogP contribution in [0.1, 0.15) is 158 Å². The van der Waals surface area contributed by atoms with Crippen LogP contribution in [0.25, 0.3) is 0 Å². The van der Waals surface area contributed by atoms with Gasteiger partial charge < -0.3 is 162 Å². The lowest BCUT2D eigenvalue weighted by atomic mass is 9.83. The maximum atomic E-state index is 12.6. The number of aliphatic imine (C=N–C) groups is 1. The number of nitrogens with zero attached hydrogens (tertiary/aromatic N) is 1. The van der Waals surface area contributed by atoms with Crippen LogP contribution >= 0.6 is 0 Å². The molecular formula is C95H152N4O33. The Hall–Kier alpha value is -6.63. The van der Waals surface area contributed by atoms with Crippen LogP contribution in [0.4, 0.5) is 0 Å². The molecule has 0 aromatic carbocycles. The van der Waals surface area contributed by atoms with Crippen molar-refractivity contribution in [2.45, 2.75) is 353 Å². The lowest BCUT2D eigenvalue weighted by Gasteiger charge is -2.46. The molecule has 38 atom stereocenters. The smallest absolute Gasteiger partial charge is 0.308 e. The number of hydrogen-bond donors (Lipinski definition) is 26. The van der Waals surface area contributed by atoms with Gasteiger partial charge >= 0.3 is 11.9 Å². The van der Waals surface area contributed by atoms with Gasteiger partial charge in [-0.3, -0.25) is 14.8 Å². The number of carbonyl (C=O) groups is 2. The monoisotopic (exact) mass is 1880 g/mol. The second-order valence-corrected chi connectivity index (χ2v) is 35.6. The minimum Gasteiger partial charge on any atom is -0.462 e. The number of nitrogens with two attached hydrogens (primary N) is 2. The zero-order valence-electron chi connectivity index (χ0n) is 76.6. The molecule has 4 bridgehead atoms. The van der Waals surface area contributed by atoms with Crippen LogP contribution in [-0.4, -0.2) is 344 Å². The Morgan fingerprint density at radius 3 is 1.05 bits per heavy atom. The van der Waals surface area contributed by atoms with E-state index in [1.165, 1.54) is 6.92 Å². The van der Waals surface area contributed by atoms with E-state index in [9.17, 15) is 127 Å². The average molecular weight is 1880 g/mol. The van der Waals surface area contributed by atoms with Crippen molar-refractivity contribution in [2.75, 3.05) is 13.2 Å². The average Bonchev–Trinajstić information content (AvgIpc) is 0.792. The molecule has 6 rings (SSSR count). The third-order valence-corrected chi connectivity index (χ3v) is 24.5. The van der Waals surface area contributed by atoms with Crippen molar-refractivity contribution >= 4 is 17.9 Å². The highest BCUT2D eigenvalue weighted by atomic mass is 16.7. The highest BCUT2D eigenvalue weighted by Crippen LogP contribution is 2.41. The maximum Gasteiger partial charge on any atom is 0.308 e. The normalized spacial score (nSPS) is 45.2. The first-order chi connectivity index (χ1) is 62.4. The van der Waals surface area contributed by atoms with E-state index in [4.69, 9.17) is 49.4 Å². The fourth-order valence-corrected chi connectivity index (χ4v) is 16.2. The number of allylic oxidation sites excluding steroid dienone is 24. The molecule has 0 saturated carbocycles. The Morgan fingerprint density at radius 2 is 0.712 bits per heavy atom. The molecule has 750 valence electrons. The van der Waals surface area contributed by atoms with Crippen molar-refractivity contribution in [2.24, 2.45) is 52.0 Å². The Balaban J connectivity index is 0.000000468. The number of ether oxygens (including phenoxy) is 8. The van der Waals surface area contributed by atoms with Crippen molar-refractivity contribution in [1.29, 1.82) is 0 Å². The van der Waals surface area contributed by atoms with Gasteiger partial charge in [-0.15, -0.1) is 0 Å². The number of aliphatic hydroxyl groups is 22. The van der Waals surface area contributed by atoms with Crippen molar-refractivity contribution in [3.8, 4) is 0 Å². The van der Waals surface area contributed by atoms with E-state index in [1.807, 2.05) is 86.8 Å². The van der Waals surface area contributed by atoms with E-state index in [-0.39, 0.29) is 63.2 Å². The largest absolute Gasteiger partial charge is 0.462 e. The molecule has 37 heteroatoms. The fraction of sp³-hybridized carbons (Fsp3) is 0.674. The predicted molar refractivity (Wildman–Crippen MR) is 485 cm³/mol. The van der Waals surface area contributed by atoms with Crippen LogP contribution in [0.3, 0.4) is 0 Å². The van der Waals surface area contributed by atoms with E-state index >= 15 is 0 Å². The molecule has 6 aliphatic rings. The number of cyclic esters (lactones) is 2. The first-order valence-electron chi connectivity index (χ1n) is 45.6. The lowest BCUT2D eigenvalue weighted by molar-refractivity contribution is -0.313. The Bertz CT molecular complexity index is 3800. The molecule has 0 unspecified atom stereocenters. The fourth-order valence-electron chi connectivity index (χ4n) is 16.2. The van der Waals surface area contributed by atoms with Crippen molar-refractivity contribution < 1.29 is 165 Å². The van der Waals surface area contributed by atoms with Gasteiger partial charge in [-0.05, 0) is 66.2 Å². The number of nitrogens with one attached hydrogen (secondary N) is 1. The summed E-state index contributed by atoms with van der Waals surface area (Å²) in [6.07, 6.45) is 10.9. The summed E-state index contributed by atoms with van der Waals surface area (Å²) in [6, 6.07) is -2.39. The maximum absolute atomic E-state index is 12.6. The van der Waals surface area contributed by atoms with Gasteiger partial charge in [0.15, 0.2) is 24.2 Å².